The van der Waals surface area contributed by atoms with Crippen LogP contribution in [0.25, 0.3) is 0 Å². The quantitative estimate of drug-likeness (QED) is 0.285. The lowest BCUT2D eigenvalue weighted by Crippen LogP contribution is -2.25. The van der Waals surface area contributed by atoms with Crippen molar-refractivity contribution in [2.45, 2.75) is 12.5 Å². The maximum absolute atomic E-state index is 10.2. The van der Waals surface area contributed by atoms with Crippen LogP contribution in [0.1, 0.15) is 6.42 Å². The van der Waals surface area contributed by atoms with Gasteiger partial charge in [0.15, 0.2) is 5.96 Å². The third-order valence-corrected chi connectivity index (χ3v) is 0.971. The normalized spacial score (nSPS) is 11.6. The van der Waals surface area contributed by atoms with Crippen LogP contribution in [0.3, 0.4) is 0 Å². The molecule has 0 amide bonds. The Morgan fingerprint density at radius 2 is 2.27 bits per heavy atom. The topological polar surface area (TPSA) is 102 Å². The summed E-state index contributed by atoms with van der Waals surface area (Å²) in [6, 6.07) is -0.530. The standard InChI is InChI=1S/C6H11N3O2/c1-2-4(3-5(10)11)9-6(7)8/h2,4H,1,3H2,(H,10,11)(H4,7,8,9)/t4-/m1/s1. The third-order valence-electron chi connectivity index (χ3n) is 0.971. The Balaban J connectivity index is 4.07. The largest absolute Gasteiger partial charge is 0.481 e. The van der Waals surface area contributed by atoms with Crippen molar-refractivity contribution in [2.75, 3.05) is 0 Å². The van der Waals surface area contributed by atoms with Crippen molar-refractivity contribution >= 4 is 11.9 Å². The van der Waals surface area contributed by atoms with E-state index in [2.05, 4.69) is 11.6 Å². The van der Waals surface area contributed by atoms with Crippen LogP contribution in [0.5, 0.6) is 0 Å². The molecule has 5 N–H and O–H groups in total. The highest BCUT2D eigenvalue weighted by molar-refractivity contribution is 5.76. The Labute approximate surface area is 64.4 Å². The van der Waals surface area contributed by atoms with Crippen molar-refractivity contribution in [1.29, 1.82) is 0 Å². The van der Waals surface area contributed by atoms with E-state index in [1.54, 1.807) is 0 Å². The fourth-order valence-electron chi connectivity index (χ4n) is 0.552. The van der Waals surface area contributed by atoms with Gasteiger partial charge in [0, 0.05) is 0 Å². The van der Waals surface area contributed by atoms with Gasteiger partial charge in [-0.25, -0.2) is 4.99 Å². The maximum Gasteiger partial charge on any atom is 0.305 e. The number of carboxylic acid groups (broad SMARTS) is 1. The van der Waals surface area contributed by atoms with Crippen LogP contribution in [0, 0.1) is 0 Å². The van der Waals surface area contributed by atoms with Gasteiger partial charge in [0.1, 0.15) is 0 Å². The zero-order valence-corrected chi connectivity index (χ0v) is 6.03. The van der Waals surface area contributed by atoms with Crippen LogP contribution in [0.4, 0.5) is 0 Å². The van der Waals surface area contributed by atoms with Crippen LogP contribution in [0.2, 0.25) is 0 Å². The van der Waals surface area contributed by atoms with Gasteiger partial charge in [0.25, 0.3) is 0 Å². The Bertz CT molecular complexity index is 184. The predicted molar refractivity (Wildman–Crippen MR) is 42.0 cm³/mol. The number of hydrogen-bond donors (Lipinski definition) is 3. The van der Waals surface area contributed by atoms with Gasteiger partial charge in [-0.15, -0.1) is 6.58 Å². The van der Waals surface area contributed by atoms with Crippen molar-refractivity contribution < 1.29 is 9.90 Å². The first kappa shape index (κ1) is 9.48. The molecule has 0 saturated heterocycles. The lowest BCUT2D eigenvalue weighted by molar-refractivity contribution is -0.137. The van der Waals surface area contributed by atoms with Gasteiger partial charge in [0.2, 0.25) is 0 Å². The molecule has 0 aromatic heterocycles. The zero-order valence-electron chi connectivity index (χ0n) is 6.03. The SMILES string of the molecule is C=C[C@H](CC(=O)O)N=C(N)N. The molecular formula is C6H11N3O2. The molecule has 62 valence electrons. The van der Waals surface area contributed by atoms with Crippen molar-refractivity contribution in [3.8, 4) is 0 Å². The lowest BCUT2D eigenvalue weighted by atomic mass is 10.2. The van der Waals surface area contributed by atoms with Crippen molar-refractivity contribution in [1.82, 2.24) is 0 Å². The van der Waals surface area contributed by atoms with Crippen LogP contribution in [0.15, 0.2) is 17.6 Å². The Morgan fingerprint density at radius 3 is 2.55 bits per heavy atom. The predicted octanol–water partition coefficient (Wildman–Crippen LogP) is -0.711. The summed E-state index contributed by atoms with van der Waals surface area (Å²) in [4.78, 5) is 13.8. The number of rotatable bonds is 4. The molecule has 5 heteroatoms. The molecule has 0 unspecified atom stereocenters. The molecule has 0 heterocycles. The summed E-state index contributed by atoms with van der Waals surface area (Å²) in [7, 11) is 0. The van der Waals surface area contributed by atoms with E-state index in [4.69, 9.17) is 16.6 Å². The van der Waals surface area contributed by atoms with Crippen LogP contribution >= 0.6 is 0 Å². The number of carbonyl (C=O) groups is 1. The molecule has 0 bridgehead atoms. The van der Waals surface area contributed by atoms with E-state index in [1.165, 1.54) is 6.08 Å². The zero-order chi connectivity index (χ0) is 8.85. The first-order chi connectivity index (χ1) is 5.06. The summed E-state index contributed by atoms with van der Waals surface area (Å²) in [5, 5.41) is 8.33. The van der Waals surface area contributed by atoms with Crippen molar-refractivity contribution in [3.05, 3.63) is 12.7 Å². The van der Waals surface area contributed by atoms with E-state index in [1.807, 2.05) is 0 Å². The summed E-state index contributed by atoms with van der Waals surface area (Å²) >= 11 is 0. The summed E-state index contributed by atoms with van der Waals surface area (Å²) in [6.07, 6.45) is 1.25. The highest BCUT2D eigenvalue weighted by Gasteiger charge is 2.06. The van der Waals surface area contributed by atoms with Crippen molar-refractivity contribution in [3.63, 3.8) is 0 Å². The van der Waals surface area contributed by atoms with Crippen LogP contribution in [-0.4, -0.2) is 23.1 Å². The number of hydrogen-bond acceptors (Lipinski definition) is 2. The number of aliphatic imine (C=N–C) groups is 1. The highest BCUT2D eigenvalue weighted by atomic mass is 16.4. The molecule has 0 radical (unpaired) electrons. The number of guanidine groups is 1. The molecule has 0 aromatic rings. The molecule has 0 fully saturated rings. The Kier molecular flexibility index (Phi) is 3.72. The second kappa shape index (κ2) is 4.32. The van der Waals surface area contributed by atoms with Gasteiger partial charge in [-0.2, -0.15) is 0 Å². The molecular weight excluding hydrogens is 146 g/mol. The minimum absolute atomic E-state index is 0.129. The van der Waals surface area contributed by atoms with E-state index in [-0.39, 0.29) is 12.4 Å². The number of aliphatic carboxylic acids is 1. The maximum atomic E-state index is 10.2. The molecule has 0 rings (SSSR count). The number of nitrogens with zero attached hydrogens (tertiary/aromatic N) is 1. The average molecular weight is 157 g/mol. The van der Waals surface area contributed by atoms with Gasteiger partial charge < -0.3 is 16.6 Å². The second-order valence-corrected chi connectivity index (χ2v) is 1.95. The van der Waals surface area contributed by atoms with Gasteiger partial charge >= 0.3 is 5.97 Å². The first-order valence-electron chi connectivity index (χ1n) is 2.99. The smallest absolute Gasteiger partial charge is 0.305 e. The summed E-state index contributed by atoms with van der Waals surface area (Å²) in [6.45, 7) is 3.39. The van der Waals surface area contributed by atoms with Crippen LogP contribution < -0.4 is 11.5 Å². The number of nitrogens with two attached hydrogens (primary N) is 2. The summed E-state index contributed by atoms with van der Waals surface area (Å²) in [5.74, 6) is -1.09. The van der Waals surface area contributed by atoms with Crippen LogP contribution in [-0.2, 0) is 4.79 Å². The lowest BCUT2D eigenvalue weighted by Gasteiger charge is -2.02. The third kappa shape index (κ3) is 4.95. The first-order valence-corrected chi connectivity index (χ1v) is 2.99. The van der Waals surface area contributed by atoms with E-state index >= 15 is 0 Å². The van der Waals surface area contributed by atoms with E-state index in [0.29, 0.717) is 0 Å². The molecule has 0 aliphatic rings. The van der Waals surface area contributed by atoms with E-state index in [9.17, 15) is 4.79 Å². The Hall–Kier alpha value is -1.52. The minimum Gasteiger partial charge on any atom is -0.481 e. The Morgan fingerprint density at radius 1 is 1.73 bits per heavy atom. The fourth-order valence-corrected chi connectivity index (χ4v) is 0.552. The van der Waals surface area contributed by atoms with Gasteiger partial charge in [-0.1, -0.05) is 6.08 Å². The van der Waals surface area contributed by atoms with Gasteiger partial charge in [-0.05, 0) is 0 Å². The molecule has 1 atom stereocenters. The monoisotopic (exact) mass is 157 g/mol. The van der Waals surface area contributed by atoms with Crippen molar-refractivity contribution in [2.24, 2.45) is 16.5 Å². The highest BCUT2D eigenvalue weighted by Crippen LogP contribution is 1.97. The average Bonchev–Trinajstić information content (AvgIpc) is 1.84. The molecule has 11 heavy (non-hydrogen) atoms. The fraction of sp³-hybridized carbons (Fsp3) is 0.333. The summed E-state index contributed by atoms with van der Waals surface area (Å²) in [5.41, 5.74) is 10.1. The van der Waals surface area contributed by atoms with E-state index < -0.39 is 12.0 Å². The molecule has 5 nitrogen and oxygen atoms in total. The van der Waals surface area contributed by atoms with Gasteiger partial charge in [0.05, 0.1) is 12.5 Å². The molecule has 0 aliphatic carbocycles. The van der Waals surface area contributed by atoms with E-state index in [0.717, 1.165) is 0 Å². The summed E-state index contributed by atoms with van der Waals surface area (Å²) < 4.78 is 0. The number of carboxylic acids is 1. The molecule has 0 spiro atoms. The molecule has 0 aliphatic heterocycles. The van der Waals surface area contributed by atoms with Gasteiger partial charge in [-0.3, -0.25) is 4.79 Å². The second-order valence-electron chi connectivity index (χ2n) is 1.95. The molecule has 0 aromatic carbocycles. The molecule has 0 saturated carbocycles. The minimum atomic E-state index is -0.958.